The van der Waals surface area contributed by atoms with Crippen LogP contribution >= 0.6 is 0 Å². The van der Waals surface area contributed by atoms with Gasteiger partial charge in [0.25, 0.3) is 15.9 Å². The van der Waals surface area contributed by atoms with E-state index in [0.29, 0.717) is 24.3 Å². The number of carbonyl (C=O) groups excluding carboxylic acids is 1. The molecule has 2 aromatic rings. The van der Waals surface area contributed by atoms with Gasteiger partial charge in [0.15, 0.2) is 0 Å². The van der Waals surface area contributed by atoms with Crippen LogP contribution in [0.25, 0.3) is 0 Å². The molecule has 3 rings (SSSR count). The summed E-state index contributed by atoms with van der Waals surface area (Å²) in [7, 11) is -3.68. The van der Waals surface area contributed by atoms with Crippen molar-refractivity contribution in [2.45, 2.75) is 18.2 Å². The average molecular weight is 373 g/mol. The van der Waals surface area contributed by atoms with Crippen molar-refractivity contribution in [2.75, 3.05) is 30.9 Å². The van der Waals surface area contributed by atoms with Gasteiger partial charge in [-0.15, -0.1) is 0 Å². The molecule has 1 aliphatic heterocycles. The molecule has 0 aliphatic carbocycles. The third-order valence-electron chi connectivity index (χ3n) is 4.34. The minimum atomic E-state index is -3.68. The van der Waals surface area contributed by atoms with E-state index in [1.54, 1.807) is 29.2 Å². The van der Waals surface area contributed by atoms with E-state index in [0.717, 1.165) is 25.1 Å². The Labute approximate surface area is 154 Å². The first-order chi connectivity index (χ1) is 12.5. The lowest BCUT2D eigenvalue weighted by atomic mass is 10.2. The summed E-state index contributed by atoms with van der Waals surface area (Å²) in [4.78, 5) is 14.5. The van der Waals surface area contributed by atoms with E-state index in [1.165, 1.54) is 12.1 Å². The fourth-order valence-electron chi connectivity index (χ4n) is 2.84. The summed E-state index contributed by atoms with van der Waals surface area (Å²) in [5.74, 6) is -0.0656. The predicted octanol–water partition coefficient (Wildman–Crippen LogP) is 2.23. The first-order valence-corrected chi connectivity index (χ1v) is 10.1. The lowest BCUT2D eigenvalue weighted by molar-refractivity contribution is 0.0766. The SMILES string of the molecule is Cc1ccc(NS(=O)(=O)c2ccc(C(=O)N3CCCNCC3)cc2)cc1. The number of nitrogens with zero attached hydrogens (tertiary/aromatic N) is 1. The Morgan fingerprint density at radius 1 is 1.00 bits per heavy atom. The highest BCUT2D eigenvalue weighted by molar-refractivity contribution is 7.92. The van der Waals surface area contributed by atoms with Crippen LogP contribution in [-0.4, -0.2) is 45.4 Å². The van der Waals surface area contributed by atoms with Gasteiger partial charge in [-0.2, -0.15) is 0 Å². The third kappa shape index (κ3) is 4.42. The number of rotatable bonds is 4. The zero-order valence-corrected chi connectivity index (χ0v) is 15.6. The lowest BCUT2D eigenvalue weighted by Crippen LogP contribution is -2.34. The second-order valence-electron chi connectivity index (χ2n) is 6.39. The summed E-state index contributed by atoms with van der Waals surface area (Å²) < 4.78 is 27.6. The van der Waals surface area contributed by atoms with Crippen LogP contribution < -0.4 is 10.0 Å². The molecule has 0 unspecified atom stereocenters. The Morgan fingerprint density at radius 2 is 1.69 bits per heavy atom. The van der Waals surface area contributed by atoms with Crippen molar-refractivity contribution in [2.24, 2.45) is 0 Å². The third-order valence-corrected chi connectivity index (χ3v) is 5.74. The highest BCUT2D eigenvalue weighted by Gasteiger charge is 2.19. The van der Waals surface area contributed by atoms with E-state index in [2.05, 4.69) is 10.0 Å². The van der Waals surface area contributed by atoms with Gasteiger partial charge in [-0.05, 0) is 56.3 Å². The van der Waals surface area contributed by atoms with E-state index in [4.69, 9.17) is 0 Å². The van der Waals surface area contributed by atoms with E-state index in [9.17, 15) is 13.2 Å². The maximum absolute atomic E-state index is 12.6. The average Bonchev–Trinajstić information content (AvgIpc) is 2.92. The highest BCUT2D eigenvalue weighted by atomic mass is 32.2. The number of anilines is 1. The smallest absolute Gasteiger partial charge is 0.261 e. The molecule has 0 saturated carbocycles. The molecule has 26 heavy (non-hydrogen) atoms. The molecule has 138 valence electrons. The number of carbonyl (C=O) groups is 1. The lowest BCUT2D eigenvalue weighted by Gasteiger charge is -2.20. The summed E-state index contributed by atoms with van der Waals surface area (Å²) in [5, 5.41) is 3.26. The van der Waals surface area contributed by atoms with Crippen molar-refractivity contribution in [1.82, 2.24) is 10.2 Å². The van der Waals surface area contributed by atoms with Crippen molar-refractivity contribution in [3.63, 3.8) is 0 Å². The number of amides is 1. The molecule has 1 heterocycles. The maximum Gasteiger partial charge on any atom is 0.261 e. The van der Waals surface area contributed by atoms with Crippen LogP contribution in [0.5, 0.6) is 0 Å². The molecule has 0 bridgehead atoms. The van der Waals surface area contributed by atoms with E-state index in [1.807, 2.05) is 19.1 Å². The molecule has 1 amide bonds. The number of benzene rings is 2. The summed E-state index contributed by atoms with van der Waals surface area (Å²) in [6.07, 6.45) is 0.915. The molecule has 1 fully saturated rings. The molecule has 2 aromatic carbocycles. The standard InChI is InChI=1S/C19H23N3O3S/c1-15-3-7-17(8-4-15)21-26(24,25)18-9-5-16(6-10-18)19(23)22-13-2-11-20-12-14-22/h3-10,20-21H,2,11-14H2,1H3. The van der Waals surface area contributed by atoms with Crippen molar-refractivity contribution in [1.29, 1.82) is 0 Å². The number of sulfonamides is 1. The van der Waals surface area contributed by atoms with Crippen LogP contribution in [0.15, 0.2) is 53.4 Å². The van der Waals surface area contributed by atoms with Crippen molar-refractivity contribution >= 4 is 21.6 Å². The van der Waals surface area contributed by atoms with Crippen LogP contribution in [0.1, 0.15) is 22.3 Å². The Bertz CT molecular complexity index is 854. The van der Waals surface area contributed by atoms with Gasteiger partial charge in [0.05, 0.1) is 4.90 Å². The largest absolute Gasteiger partial charge is 0.337 e. The van der Waals surface area contributed by atoms with E-state index >= 15 is 0 Å². The van der Waals surface area contributed by atoms with Crippen LogP contribution in [-0.2, 0) is 10.0 Å². The summed E-state index contributed by atoms with van der Waals surface area (Å²) >= 11 is 0. The van der Waals surface area contributed by atoms with Gasteiger partial charge in [0, 0.05) is 30.9 Å². The first-order valence-electron chi connectivity index (χ1n) is 8.65. The molecule has 1 saturated heterocycles. The predicted molar refractivity (Wildman–Crippen MR) is 102 cm³/mol. The molecule has 7 heteroatoms. The zero-order valence-electron chi connectivity index (χ0n) is 14.7. The van der Waals surface area contributed by atoms with Gasteiger partial charge < -0.3 is 10.2 Å². The second-order valence-corrected chi connectivity index (χ2v) is 8.07. The summed E-state index contributed by atoms with van der Waals surface area (Å²) in [5.41, 5.74) is 2.06. The first kappa shape index (κ1) is 18.4. The van der Waals surface area contributed by atoms with Crippen molar-refractivity contribution in [3.8, 4) is 0 Å². The zero-order chi connectivity index (χ0) is 18.6. The summed E-state index contributed by atoms with van der Waals surface area (Å²) in [6.45, 7) is 4.99. The molecule has 1 aliphatic rings. The van der Waals surface area contributed by atoms with E-state index in [-0.39, 0.29) is 10.8 Å². The number of aryl methyl sites for hydroxylation is 1. The Hall–Kier alpha value is -2.38. The van der Waals surface area contributed by atoms with Gasteiger partial charge >= 0.3 is 0 Å². The van der Waals surface area contributed by atoms with Crippen LogP contribution in [0.3, 0.4) is 0 Å². The highest BCUT2D eigenvalue weighted by Crippen LogP contribution is 2.18. The van der Waals surface area contributed by atoms with Crippen molar-refractivity contribution in [3.05, 3.63) is 59.7 Å². The Morgan fingerprint density at radius 3 is 2.38 bits per heavy atom. The fraction of sp³-hybridized carbons (Fsp3) is 0.316. The second kappa shape index (κ2) is 7.88. The molecule has 0 radical (unpaired) electrons. The summed E-state index contributed by atoms with van der Waals surface area (Å²) in [6, 6.07) is 13.2. The van der Waals surface area contributed by atoms with Gasteiger partial charge in [-0.3, -0.25) is 9.52 Å². The number of nitrogens with one attached hydrogen (secondary N) is 2. The van der Waals surface area contributed by atoms with Gasteiger partial charge in [0.1, 0.15) is 0 Å². The van der Waals surface area contributed by atoms with Crippen molar-refractivity contribution < 1.29 is 13.2 Å². The van der Waals surface area contributed by atoms with Crippen LogP contribution in [0.2, 0.25) is 0 Å². The molecule has 6 nitrogen and oxygen atoms in total. The normalized spacial score (nSPS) is 15.3. The number of hydrogen-bond donors (Lipinski definition) is 2. The Balaban J connectivity index is 1.73. The fourth-order valence-corrected chi connectivity index (χ4v) is 3.90. The minimum Gasteiger partial charge on any atom is -0.337 e. The monoisotopic (exact) mass is 373 g/mol. The minimum absolute atomic E-state index is 0.0656. The number of hydrogen-bond acceptors (Lipinski definition) is 4. The van der Waals surface area contributed by atoms with Crippen LogP contribution in [0, 0.1) is 6.92 Å². The molecule has 0 spiro atoms. The Kier molecular flexibility index (Phi) is 5.58. The maximum atomic E-state index is 12.6. The molecular formula is C19H23N3O3S. The van der Waals surface area contributed by atoms with Gasteiger partial charge in [-0.1, -0.05) is 17.7 Å². The van der Waals surface area contributed by atoms with E-state index < -0.39 is 10.0 Å². The van der Waals surface area contributed by atoms with Gasteiger partial charge in [-0.25, -0.2) is 8.42 Å². The van der Waals surface area contributed by atoms with Gasteiger partial charge in [0.2, 0.25) is 0 Å². The molecular weight excluding hydrogens is 350 g/mol. The molecule has 0 atom stereocenters. The topological polar surface area (TPSA) is 78.5 Å². The quantitative estimate of drug-likeness (QED) is 0.861. The van der Waals surface area contributed by atoms with Crippen LogP contribution in [0.4, 0.5) is 5.69 Å². The molecule has 0 aromatic heterocycles. The molecule has 2 N–H and O–H groups in total.